The molecule has 2 amide bonds. The molecule has 4 N–H and O–H groups in total. The maximum atomic E-state index is 12.0. The maximum absolute atomic E-state index is 12.0. The zero-order valence-corrected chi connectivity index (χ0v) is 18.1. The summed E-state index contributed by atoms with van der Waals surface area (Å²) in [6, 6.07) is 12.0. The van der Waals surface area contributed by atoms with Gasteiger partial charge in [0.1, 0.15) is 0 Å². The summed E-state index contributed by atoms with van der Waals surface area (Å²) >= 11 is 3.49. The second-order valence-corrected chi connectivity index (χ2v) is 9.65. The second kappa shape index (κ2) is 10.2. The van der Waals surface area contributed by atoms with Gasteiger partial charge in [0.05, 0.1) is 11.3 Å². The molecule has 1 fully saturated rings. The zero-order chi connectivity index (χ0) is 20.7. The number of rotatable bonds is 8. The number of thiophene rings is 1. The number of hydrogen-bond donors (Lipinski definition) is 4. The first kappa shape index (κ1) is 21.8. The number of benzene rings is 1. The Bertz CT molecular complexity index is 847. The molecule has 0 radical (unpaired) electrons. The van der Waals surface area contributed by atoms with Crippen molar-refractivity contribution in [2.45, 2.75) is 37.4 Å². The van der Waals surface area contributed by atoms with Crippen LogP contribution >= 0.6 is 23.1 Å². The van der Waals surface area contributed by atoms with E-state index in [1.165, 1.54) is 0 Å². The van der Waals surface area contributed by atoms with E-state index in [1.807, 2.05) is 43.0 Å². The van der Waals surface area contributed by atoms with Gasteiger partial charge >= 0.3 is 0 Å². The fraction of sp³-hybridized carbons (Fsp3) is 0.429. The van der Waals surface area contributed by atoms with Crippen LogP contribution in [0.5, 0.6) is 0 Å². The van der Waals surface area contributed by atoms with Gasteiger partial charge in [-0.15, -0.1) is 23.1 Å². The Balaban J connectivity index is 1.80. The maximum Gasteiger partial charge on any atom is 0.245 e. The Morgan fingerprint density at radius 2 is 2.03 bits per heavy atom. The number of carbonyl (C=O) groups is 2. The standard InChI is InChI=1S/C21H27N3O3S2/c1-2-22-14-20(26)23-16-7-5-6-15(12-16)17-8-9-18(29-17)21(13-19(25)24-27)10-3-4-11-28-21/h5-9,12,22,27H,2-4,10-11,13-14H2,1H3,(H,23,26)(H,24,25)/t21-/m0/s1. The minimum Gasteiger partial charge on any atom is -0.325 e. The molecule has 1 aliphatic heterocycles. The highest BCUT2D eigenvalue weighted by atomic mass is 32.2. The third-order valence-corrected chi connectivity index (χ3v) is 8.03. The van der Waals surface area contributed by atoms with Crippen LogP contribution in [0.15, 0.2) is 36.4 Å². The zero-order valence-electron chi connectivity index (χ0n) is 16.5. The number of hydrogen-bond acceptors (Lipinski definition) is 6. The lowest BCUT2D eigenvalue weighted by Crippen LogP contribution is -2.32. The van der Waals surface area contributed by atoms with Crippen molar-refractivity contribution in [3.8, 4) is 10.4 Å². The van der Waals surface area contributed by atoms with Gasteiger partial charge < -0.3 is 10.6 Å². The third-order valence-electron chi connectivity index (χ3n) is 4.95. The number of hydroxylamine groups is 1. The summed E-state index contributed by atoms with van der Waals surface area (Å²) in [6.45, 7) is 3.00. The average Bonchev–Trinajstić information content (AvgIpc) is 3.24. The van der Waals surface area contributed by atoms with Gasteiger partial charge in [0.2, 0.25) is 11.8 Å². The Labute approximate surface area is 179 Å². The third kappa shape index (κ3) is 5.60. The Kier molecular flexibility index (Phi) is 7.71. The normalized spacial score (nSPS) is 19.0. The van der Waals surface area contributed by atoms with Crippen LogP contribution in [-0.4, -0.2) is 35.9 Å². The first-order valence-electron chi connectivity index (χ1n) is 9.84. The largest absolute Gasteiger partial charge is 0.325 e. The summed E-state index contributed by atoms with van der Waals surface area (Å²) in [5.41, 5.74) is 3.59. The van der Waals surface area contributed by atoms with E-state index >= 15 is 0 Å². The quantitative estimate of drug-likeness (QED) is 0.374. The molecule has 0 saturated carbocycles. The van der Waals surface area contributed by atoms with Crippen LogP contribution in [-0.2, 0) is 14.3 Å². The predicted octanol–water partition coefficient (Wildman–Crippen LogP) is 3.97. The van der Waals surface area contributed by atoms with Gasteiger partial charge in [-0.25, -0.2) is 5.48 Å². The molecule has 3 rings (SSSR count). The Morgan fingerprint density at radius 1 is 1.17 bits per heavy atom. The first-order chi connectivity index (χ1) is 14.1. The smallest absolute Gasteiger partial charge is 0.245 e. The van der Waals surface area contributed by atoms with Gasteiger partial charge in [-0.2, -0.15) is 0 Å². The van der Waals surface area contributed by atoms with Crippen LogP contribution in [0, 0.1) is 0 Å². The van der Waals surface area contributed by atoms with E-state index in [9.17, 15) is 9.59 Å². The molecular formula is C21H27N3O3S2. The molecule has 0 aliphatic carbocycles. The highest BCUT2D eigenvalue weighted by Crippen LogP contribution is 2.50. The summed E-state index contributed by atoms with van der Waals surface area (Å²) < 4.78 is -0.286. The fourth-order valence-electron chi connectivity index (χ4n) is 3.50. The van der Waals surface area contributed by atoms with E-state index in [0.29, 0.717) is 0 Å². The number of likely N-dealkylation sites (N-methyl/N-ethyl adjacent to an activating group) is 1. The highest BCUT2D eigenvalue weighted by Gasteiger charge is 2.38. The molecule has 2 aromatic rings. The fourth-order valence-corrected chi connectivity index (χ4v) is 6.39. The van der Waals surface area contributed by atoms with Crippen LogP contribution in [0.3, 0.4) is 0 Å². The molecule has 1 aliphatic rings. The van der Waals surface area contributed by atoms with Crippen molar-refractivity contribution < 1.29 is 14.8 Å². The molecule has 1 atom stereocenters. The summed E-state index contributed by atoms with van der Waals surface area (Å²) in [5.74, 6) is 0.599. The van der Waals surface area contributed by atoms with Crippen LogP contribution < -0.4 is 16.1 Å². The lowest BCUT2D eigenvalue weighted by atomic mass is 9.94. The van der Waals surface area contributed by atoms with E-state index in [1.54, 1.807) is 16.8 Å². The van der Waals surface area contributed by atoms with Crippen LogP contribution in [0.25, 0.3) is 10.4 Å². The number of amides is 2. The number of anilines is 1. The van der Waals surface area contributed by atoms with Gasteiger partial charge in [0.25, 0.3) is 0 Å². The van der Waals surface area contributed by atoms with E-state index in [0.717, 1.165) is 52.6 Å². The SMILES string of the molecule is CCNCC(=O)Nc1cccc(-c2ccc([C@@]3(CC(=O)NO)CCCCS3)s2)c1. The molecule has 0 spiro atoms. The van der Waals surface area contributed by atoms with Crippen molar-refractivity contribution in [3.63, 3.8) is 0 Å². The summed E-state index contributed by atoms with van der Waals surface area (Å²) in [5, 5.41) is 15.0. The van der Waals surface area contributed by atoms with E-state index < -0.39 is 0 Å². The number of carbonyl (C=O) groups excluding carboxylic acids is 2. The molecule has 2 heterocycles. The Morgan fingerprint density at radius 3 is 2.76 bits per heavy atom. The first-order valence-corrected chi connectivity index (χ1v) is 11.6. The van der Waals surface area contributed by atoms with Crippen molar-refractivity contribution in [2.24, 2.45) is 0 Å². The van der Waals surface area contributed by atoms with E-state index in [4.69, 9.17) is 5.21 Å². The lowest BCUT2D eigenvalue weighted by Gasteiger charge is -2.35. The van der Waals surface area contributed by atoms with Crippen LogP contribution in [0.1, 0.15) is 37.5 Å². The molecule has 1 aromatic carbocycles. The van der Waals surface area contributed by atoms with E-state index in [-0.39, 0.29) is 29.5 Å². The minimum absolute atomic E-state index is 0.0663. The topological polar surface area (TPSA) is 90.5 Å². The second-order valence-electron chi connectivity index (χ2n) is 7.08. The number of thioether (sulfide) groups is 1. The highest BCUT2D eigenvalue weighted by molar-refractivity contribution is 8.00. The summed E-state index contributed by atoms with van der Waals surface area (Å²) in [6.07, 6.45) is 3.42. The predicted molar refractivity (Wildman–Crippen MR) is 119 cm³/mol. The molecular weight excluding hydrogens is 406 g/mol. The van der Waals surface area contributed by atoms with E-state index in [2.05, 4.69) is 22.8 Å². The van der Waals surface area contributed by atoms with Gasteiger partial charge in [-0.1, -0.05) is 25.5 Å². The average molecular weight is 434 g/mol. The summed E-state index contributed by atoms with van der Waals surface area (Å²) in [4.78, 5) is 26.2. The van der Waals surface area contributed by atoms with Crippen molar-refractivity contribution >= 4 is 40.6 Å². The van der Waals surface area contributed by atoms with Crippen molar-refractivity contribution in [1.29, 1.82) is 0 Å². The van der Waals surface area contributed by atoms with Gasteiger partial charge in [-0.3, -0.25) is 14.8 Å². The molecule has 156 valence electrons. The molecule has 6 nitrogen and oxygen atoms in total. The molecule has 0 unspecified atom stereocenters. The molecule has 0 bridgehead atoms. The van der Waals surface area contributed by atoms with Crippen molar-refractivity contribution in [2.75, 3.05) is 24.2 Å². The molecule has 1 aromatic heterocycles. The van der Waals surface area contributed by atoms with Gasteiger partial charge in [-0.05, 0) is 55.0 Å². The lowest BCUT2D eigenvalue weighted by molar-refractivity contribution is -0.129. The summed E-state index contributed by atoms with van der Waals surface area (Å²) in [7, 11) is 0. The minimum atomic E-state index is -0.347. The molecule has 1 saturated heterocycles. The molecule has 8 heteroatoms. The van der Waals surface area contributed by atoms with Crippen molar-refractivity contribution in [1.82, 2.24) is 10.8 Å². The van der Waals surface area contributed by atoms with Crippen molar-refractivity contribution in [3.05, 3.63) is 41.3 Å². The monoisotopic (exact) mass is 433 g/mol. The van der Waals surface area contributed by atoms with Gasteiger partial charge in [0, 0.05) is 21.9 Å². The van der Waals surface area contributed by atoms with Crippen LogP contribution in [0.4, 0.5) is 5.69 Å². The molecule has 29 heavy (non-hydrogen) atoms. The van der Waals surface area contributed by atoms with Gasteiger partial charge in [0.15, 0.2) is 0 Å². The van der Waals surface area contributed by atoms with Crippen LogP contribution in [0.2, 0.25) is 0 Å². The number of nitrogens with one attached hydrogen (secondary N) is 3. The Hall–Kier alpha value is -1.87.